The van der Waals surface area contributed by atoms with Crippen molar-refractivity contribution < 1.29 is 53.0 Å². The first-order chi connectivity index (χ1) is 31.9. The van der Waals surface area contributed by atoms with Crippen molar-refractivity contribution in [2.45, 2.75) is 156 Å². The maximum atomic E-state index is 15.0. The predicted molar refractivity (Wildman–Crippen MR) is 251 cm³/mol. The lowest BCUT2D eigenvalue weighted by molar-refractivity contribution is -0.158. The molecule has 19 heteroatoms. The molecule has 0 aromatic heterocycles. The number of ether oxygens (including phenoxy) is 1. The van der Waals surface area contributed by atoms with Crippen LogP contribution < -0.4 is 32.3 Å². The molecule has 1 aliphatic carbocycles. The summed E-state index contributed by atoms with van der Waals surface area (Å²) in [4.78, 5) is 129. The third-order valence-electron chi connectivity index (χ3n) is 14.2. The number of rotatable bonds is 16. The van der Waals surface area contributed by atoms with Crippen molar-refractivity contribution in [2.24, 2.45) is 40.7 Å². The Hall–Kier alpha value is -6.01. The predicted octanol–water partition coefficient (Wildman–Crippen LogP) is 1.59. The van der Waals surface area contributed by atoms with Crippen LogP contribution >= 0.6 is 0 Å². The van der Waals surface area contributed by atoms with Gasteiger partial charge in [-0.3, -0.25) is 33.6 Å². The summed E-state index contributed by atoms with van der Waals surface area (Å²) in [7, 11) is 1.50. The topological polar surface area (TPSA) is 276 Å². The summed E-state index contributed by atoms with van der Waals surface area (Å²) in [5.41, 5.74) is 3.60. The van der Waals surface area contributed by atoms with E-state index in [2.05, 4.69) is 26.6 Å². The zero-order valence-corrected chi connectivity index (χ0v) is 41.4. The van der Waals surface area contributed by atoms with E-state index >= 15 is 4.79 Å². The van der Waals surface area contributed by atoms with Gasteiger partial charge in [0.2, 0.25) is 41.4 Å². The summed E-state index contributed by atoms with van der Waals surface area (Å²) in [6.07, 6.45) is 3.19. The van der Waals surface area contributed by atoms with Crippen LogP contribution in [0, 0.1) is 35.0 Å². The molecule has 4 aliphatic rings. The van der Waals surface area contributed by atoms with Gasteiger partial charge in [-0.2, -0.15) is 0 Å². The molecule has 3 unspecified atom stereocenters. The van der Waals surface area contributed by atoms with Crippen molar-refractivity contribution in [3.63, 3.8) is 0 Å². The van der Waals surface area contributed by atoms with Gasteiger partial charge in [0.15, 0.2) is 0 Å². The van der Waals surface area contributed by atoms with Gasteiger partial charge in [-0.25, -0.2) is 4.79 Å². The van der Waals surface area contributed by atoms with E-state index in [4.69, 9.17) is 10.5 Å². The van der Waals surface area contributed by atoms with E-state index in [0.717, 1.165) is 6.29 Å². The number of phenolic OH excluding ortho intramolecular Hbond substituents is 1. The second kappa shape index (κ2) is 22.9. The van der Waals surface area contributed by atoms with Gasteiger partial charge in [0.1, 0.15) is 54.4 Å². The first kappa shape index (κ1) is 54.6. The zero-order valence-electron chi connectivity index (χ0n) is 41.4. The molecule has 1 aromatic rings. The van der Waals surface area contributed by atoms with Crippen molar-refractivity contribution in [1.29, 1.82) is 0 Å². The summed E-state index contributed by atoms with van der Waals surface area (Å²) in [6.45, 7) is 17.4. The Bertz CT molecular complexity index is 2080. The molecule has 1 saturated heterocycles. The normalized spacial score (nSPS) is 29.4. The van der Waals surface area contributed by atoms with Gasteiger partial charge in [-0.15, -0.1) is 0 Å². The molecule has 3 heterocycles. The number of hydrogen-bond acceptors (Lipinski definition) is 12. The minimum absolute atomic E-state index is 0.00736. The fraction of sp³-hybridized carbons (Fsp3) is 0.653. The van der Waals surface area contributed by atoms with Crippen LogP contribution in [0.2, 0.25) is 0 Å². The number of aromatic hydroxyl groups is 1. The lowest BCUT2D eigenvalue weighted by Crippen LogP contribution is -2.63. The number of nitrogens with one attached hydrogen (secondary N) is 5. The van der Waals surface area contributed by atoms with E-state index in [1.807, 2.05) is 34.6 Å². The average molecular weight is 951 g/mol. The number of primary amides is 1. The first-order valence-corrected chi connectivity index (χ1v) is 23.9. The first-order valence-electron chi connectivity index (χ1n) is 23.9. The molecule has 1 saturated carbocycles. The van der Waals surface area contributed by atoms with Crippen molar-refractivity contribution >= 4 is 53.6 Å². The lowest BCUT2D eigenvalue weighted by atomic mass is 9.90. The fourth-order valence-corrected chi connectivity index (χ4v) is 9.22. The minimum atomic E-state index is -1.71. The lowest BCUT2D eigenvalue weighted by Gasteiger charge is -2.42. The van der Waals surface area contributed by atoms with Crippen LogP contribution in [-0.4, -0.2) is 130 Å². The van der Waals surface area contributed by atoms with Crippen LogP contribution in [0.15, 0.2) is 36.5 Å². The number of nitrogens with two attached hydrogens (primary N) is 1. The highest BCUT2D eigenvalue weighted by atomic mass is 16.5. The van der Waals surface area contributed by atoms with Gasteiger partial charge in [-0.1, -0.05) is 87.3 Å². The van der Waals surface area contributed by atoms with Crippen LogP contribution in [0.5, 0.6) is 5.75 Å². The molecule has 7 amide bonds. The molecule has 68 heavy (non-hydrogen) atoms. The van der Waals surface area contributed by atoms with Crippen LogP contribution in [0.3, 0.4) is 0 Å². The average Bonchev–Trinajstić information content (AvgIpc) is 3.81. The van der Waals surface area contributed by atoms with Crippen LogP contribution in [0.4, 0.5) is 0 Å². The second-order valence-electron chi connectivity index (χ2n) is 19.8. The van der Waals surface area contributed by atoms with Crippen LogP contribution in [-0.2, 0) is 54.3 Å². The maximum absolute atomic E-state index is 15.0. The standard InChI is InChI=1S/C49H74N8O11/c1-12-28(7)38-47(67)68-30(9)39(54-42(62)34(18-19-37(50)60)51-41(61)27(5)6)45(65)52-35(22-26(3)4)43(63)55-49-20-21-57(24-48(49,25-58)31(49)10)40(29(8)13-2)46(66)56(11)36(44(64)53-38)23-32-14-16-33(59)17-15-32/h14-17,20-21,25-31,34-36,38-40,59H,12-13,18-19,22-24H2,1-11H3,(H2,50,60)(H,51,61)(H,52,65)(H,53,64)(H,54,62)(H,55,63)/t28?,29?,30-,31+,34+,35+,36+,38+,39+,40+,48+,49?/m1/s1. The Labute approximate surface area is 399 Å². The molecule has 2 fully saturated rings. The van der Waals surface area contributed by atoms with Gasteiger partial charge in [0, 0.05) is 38.3 Å². The van der Waals surface area contributed by atoms with Gasteiger partial charge in [0.25, 0.3) is 0 Å². The number of fused-ring (bicyclic) bond motifs is 15. The summed E-state index contributed by atoms with van der Waals surface area (Å²) < 4.78 is 5.97. The van der Waals surface area contributed by atoms with Gasteiger partial charge < -0.3 is 56.8 Å². The summed E-state index contributed by atoms with van der Waals surface area (Å²) in [5, 5.41) is 23.9. The molecule has 5 rings (SSSR count). The molecule has 1 spiro atoms. The molecule has 1 aromatic carbocycles. The quantitative estimate of drug-likeness (QED) is 0.0708. The smallest absolute Gasteiger partial charge is 0.329 e. The number of amides is 7. The molecule has 8 N–H and O–H groups in total. The Morgan fingerprint density at radius 1 is 0.926 bits per heavy atom. The third-order valence-corrected chi connectivity index (χ3v) is 14.2. The van der Waals surface area contributed by atoms with Gasteiger partial charge in [-0.05, 0) is 67.5 Å². The highest BCUT2D eigenvalue weighted by molar-refractivity contribution is 5.97. The maximum Gasteiger partial charge on any atom is 0.329 e. The van der Waals surface area contributed by atoms with Gasteiger partial charge in [0.05, 0.1) is 11.0 Å². The molecule has 3 aliphatic heterocycles. The third kappa shape index (κ3) is 12.2. The van der Waals surface area contributed by atoms with E-state index in [-0.39, 0.29) is 49.8 Å². The second-order valence-corrected chi connectivity index (χ2v) is 19.8. The molecule has 12 atom stereocenters. The van der Waals surface area contributed by atoms with E-state index < -0.39 is 118 Å². The minimum Gasteiger partial charge on any atom is -0.508 e. The number of hydrogen-bond donors (Lipinski definition) is 7. The van der Waals surface area contributed by atoms with E-state index in [9.17, 15) is 43.5 Å². The zero-order chi connectivity index (χ0) is 51.0. The molecule has 19 nitrogen and oxygen atoms in total. The Balaban J connectivity index is 1.91. The summed E-state index contributed by atoms with van der Waals surface area (Å²) >= 11 is 0. The molecular weight excluding hydrogens is 877 g/mol. The van der Waals surface area contributed by atoms with Crippen molar-refractivity contribution in [1.82, 2.24) is 36.4 Å². The highest BCUT2D eigenvalue weighted by Crippen LogP contribution is 2.63. The number of nitrogens with zero attached hydrogens (tertiary/aromatic N) is 2. The molecule has 0 radical (unpaired) electrons. The summed E-state index contributed by atoms with van der Waals surface area (Å²) in [5.74, 6) is -7.89. The van der Waals surface area contributed by atoms with Crippen molar-refractivity contribution in [3.05, 3.63) is 42.1 Å². The molecule has 2 bridgehead atoms. The van der Waals surface area contributed by atoms with Crippen LogP contribution in [0.1, 0.15) is 107 Å². The number of phenols is 1. The molecular formula is C49H74N8O11. The van der Waals surface area contributed by atoms with Crippen molar-refractivity contribution in [2.75, 3.05) is 13.6 Å². The number of benzene rings is 1. The number of aldehydes is 1. The Kier molecular flexibility index (Phi) is 18.4. The van der Waals surface area contributed by atoms with Crippen LogP contribution in [0.25, 0.3) is 0 Å². The van der Waals surface area contributed by atoms with E-state index in [1.54, 1.807) is 57.0 Å². The number of carbonyl (C=O) groups is 9. The van der Waals surface area contributed by atoms with Crippen molar-refractivity contribution in [3.8, 4) is 5.75 Å². The van der Waals surface area contributed by atoms with Gasteiger partial charge >= 0.3 is 5.97 Å². The van der Waals surface area contributed by atoms with E-state index in [0.29, 0.717) is 18.4 Å². The molecule has 376 valence electrons. The SMILES string of the molecule is CCC(C)[C@@H]1NC(=O)[C@H](Cc2ccc(O)cc2)N(C)C(=O)[C@H](C(C)CC)N2C=CC3(NC(=O)[C@H](CC(C)C)NC(=O)[C@@H](NC(=O)[C@H](CCC(N)=O)NC(=O)C(C)C)[C@@H](C)OC1=O)[C@@H](C)[C@@]3(C=O)C2. The largest absolute Gasteiger partial charge is 0.508 e. The number of carbonyl (C=O) groups excluding carboxylic acids is 9. The Morgan fingerprint density at radius 3 is 2.12 bits per heavy atom. The summed E-state index contributed by atoms with van der Waals surface area (Å²) in [6, 6.07) is -1.58. The monoisotopic (exact) mass is 951 g/mol. The van der Waals surface area contributed by atoms with E-state index in [1.165, 1.54) is 31.0 Å². The number of esters is 1. The number of likely N-dealkylation sites (N-methyl/N-ethyl adjacent to an activating group) is 1. The Morgan fingerprint density at radius 2 is 1.56 bits per heavy atom. The highest BCUT2D eigenvalue weighted by Gasteiger charge is 2.76. The fourth-order valence-electron chi connectivity index (χ4n) is 9.22.